The second-order valence-electron chi connectivity index (χ2n) is 9.43. The fraction of sp³-hybridized carbons (Fsp3) is 0.333. The molecule has 0 fully saturated rings. The van der Waals surface area contributed by atoms with Crippen molar-refractivity contribution in [3.63, 3.8) is 0 Å². The highest BCUT2D eigenvalue weighted by atomic mass is 19.1. The number of benzene rings is 3. The molecule has 4 rings (SSSR count). The summed E-state index contributed by atoms with van der Waals surface area (Å²) in [6.45, 7) is 4.92. The molecule has 1 heterocycles. The largest absolute Gasteiger partial charge is 0.458 e. The van der Waals surface area contributed by atoms with E-state index in [2.05, 4.69) is 29.4 Å². The molecule has 0 saturated heterocycles. The lowest BCUT2D eigenvalue weighted by Crippen LogP contribution is -2.46. The van der Waals surface area contributed by atoms with Gasteiger partial charge in [-0.15, -0.1) is 0 Å². The number of esters is 1. The van der Waals surface area contributed by atoms with Crippen molar-refractivity contribution in [3.8, 4) is 0 Å². The van der Waals surface area contributed by atoms with Crippen molar-refractivity contribution < 1.29 is 18.3 Å². The van der Waals surface area contributed by atoms with E-state index in [0.29, 0.717) is 18.5 Å². The van der Waals surface area contributed by atoms with Gasteiger partial charge in [0.25, 0.3) is 0 Å². The predicted octanol–water partition coefficient (Wildman–Crippen LogP) is 4.71. The number of carbonyl (C=O) groups is 1. The summed E-state index contributed by atoms with van der Waals surface area (Å²) in [6.07, 6.45) is 1.02. The van der Waals surface area contributed by atoms with Gasteiger partial charge >= 0.3 is 5.97 Å². The molecule has 2 atom stereocenters. The van der Waals surface area contributed by atoms with E-state index in [1.54, 1.807) is 0 Å². The monoisotopic (exact) mass is 520 g/mol. The average molecular weight is 521 g/mol. The van der Waals surface area contributed by atoms with Crippen molar-refractivity contribution in [2.75, 3.05) is 6.54 Å². The summed E-state index contributed by atoms with van der Waals surface area (Å²) in [5.41, 5.74) is 10.9. The predicted molar refractivity (Wildman–Crippen MR) is 145 cm³/mol. The Bertz CT molecular complexity index is 1370. The van der Waals surface area contributed by atoms with Crippen molar-refractivity contribution in [2.45, 2.75) is 58.3 Å². The number of carbonyl (C=O) groups excluding carboxylic acids is 1. The van der Waals surface area contributed by atoms with E-state index in [0.717, 1.165) is 34.9 Å². The van der Waals surface area contributed by atoms with Crippen molar-refractivity contribution in [1.29, 1.82) is 0 Å². The van der Waals surface area contributed by atoms with Crippen LogP contribution in [0.4, 0.5) is 8.78 Å². The average Bonchev–Trinajstić information content (AvgIpc) is 3.25. The highest BCUT2D eigenvalue weighted by Crippen LogP contribution is 2.18. The number of para-hydroxylation sites is 2. The van der Waals surface area contributed by atoms with Crippen LogP contribution in [0.25, 0.3) is 11.0 Å². The number of aromatic nitrogens is 2. The molecule has 0 aliphatic heterocycles. The van der Waals surface area contributed by atoms with Gasteiger partial charge < -0.3 is 20.4 Å². The molecule has 0 radical (unpaired) electrons. The molecule has 3 N–H and O–H groups in total. The third-order valence-corrected chi connectivity index (χ3v) is 6.57. The van der Waals surface area contributed by atoms with Gasteiger partial charge in [0.1, 0.15) is 30.1 Å². The Hall–Kier alpha value is -3.62. The van der Waals surface area contributed by atoms with Crippen LogP contribution in [-0.4, -0.2) is 34.2 Å². The molecule has 0 amide bonds. The van der Waals surface area contributed by atoms with E-state index >= 15 is 0 Å². The first-order valence-corrected chi connectivity index (χ1v) is 13.0. The number of rotatable bonds is 12. The number of nitrogens with zero attached hydrogens (tertiary/aromatic N) is 2. The molecule has 0 spiro atoms. The second-order valence-corrected chi connectivity index (χ2v) is 9.43. The summed E-state index contributed by atoms with van der Waals surface area (Å²) >= 11 is 0. The van der Waals surface area contributed by atoms with Crippen LogP contribution >= 0.6 is 0 Å². The van der Waals surface area contributed by atoms with Gasteiger partial charge in [0.05, 0.1) is 11.0 Å². The number of halogens is 2. The summed E-state index contributed by atoms with van der Waals surface area (Å²) in [5.74, 6) is -1.01. The summed E-state index contributed by atoms with van der Waals surface area (Å²) in [4.78, 5) is 17.8. The lowest BCUT2D eigenvalue weighted by molar-refractivity contribution is -0.150. The van der Waals surface area contributed by atoms with Crippen LogP contribution in [0.5, 0.6) is 0 Å². The van der Waals surface area contributed by atoms with Gasteiger partial charge in [-0.1, -0.05) is 50.2 Å². The van der Waals surface area contributed by atoms with Crippen LogP contribution in [-0.2, 0) is 41.9 Å². The van der Waals surface area contributed by atoms with Gasteiger partial charge in [-0.05, 0) is 53.8 Å². The molecule has 200 valence electrons. The number of nitrogens with one attached hydrogen (secondary N) is 1. The minimum Gasteiger partial charge on any atom is -0.458 e. The van der Waals surface area contributed by atoms with Crippen LogP contribution in [0.15, 0.2) is 66.7 Å². The summed E-state index contributed by atoms with van der Waals surface area (Å²) in [6, 6.07) is 18.5. The molecular weight excluding hydrogens is 486 g/mol. The highest BCUT2D eigenvalue weighted by Gasteiger charge is 2.24. The number of fused-ring (bicyclic) bond motifs is 1. The van der Waals surface area contributed by atoms with E-state index in [1.807, 2.05) is 47.9 Å². The molecule has 0 aliphatic carbocycles. The molecule has 0 aliphatic rings. The fourth-order valence-corrected chi connectivity index (χ4v) is 4.64. The fourth-order valence-electron chi connectivity index (χ4n) is 4.64. The van der Waals surface area contributed by atoms with Gasteiger partial charge in [-0.25, -0.2) is 13.8 Å². The Morgan fingerprint density at radius 3 is 2.45 bits per heavy atom. The topological polar surface area (TPSA) is 82.2 Å². The molecule has 6 nitrogen and oxygen atoms in total. The zero-order valence-corrected chi connectivity index (χ0v) is 21.8. The smallest absolute Gasteiger partial charge is 0.326 e. The molecule has 0 saturated carbocycles. The van der Waals surface area contributed by atoms with Crippen LogP contribution in [0, 0.1) is 11.6 Å². The Morgan fingerprint density at radius 1 is 0.974 bits per heavy atom. The minimum atomic E-state index is -0.719. The summed E-state index contributed by atoms with van der Waals surface area (Å²) in [5, 5.41) is 3.33. The first-order chi connectivity index (χ1) is 18.4. The maximum atomic E-state index is 13.8. The highest BCUT2D eigenvalue weighted by molar-refractivity contribution is 5.79. The van der Waals surface area contributed by atoms with Gasteiger partial charge in [0.2, 0.25) is 0 Å². The molecule has 0 unspecified atom stereocenters. The Morgan fingerprint density at radius 2 is 1.71 bits per heavy atom. The molecular formula is C30H34F2N4O2. The molecule has 0 bridgehead atoms. The Labute approximate surface area is 221 Å². The van der Waals surface area contributed by atoms with E-state index in [9.17, 15) is 13.6 Å². The number of nitrogens with two attached hydrogens (primary N) is 1. The normalized spacial score (nSPS) is 13.0. The van der Waals surface area contributed by atoms with Crippen LogP contribution in [0.1, 0.15) is 36.4 Å². The molecule has 1 aromatic heterocycles. The van der Waals surface area contributed by atoms with Gasteiger partial charge in [-0.2, -0.15) is 0 Å². The van der Waals surface area contributed by atoms with Crippen LogP contribution < -0.4 is 11.1 Å². The van der Waals surface area contributed by atoms with E-state index in [-0.39, 0.29) is 19.5 Å². The zero-order valence-electron chi connectivity index (χ0n) is 21.8. The number of imidazole rings is 1. The number of hydrogen-bond acceptors (Lipinski definition) is 5. The maximum absolute atomic E-state index is 13.8. The quantitative estimate of drug-likeness (QED) is 0.265. The van der Waals surface area contributed by atoms with Crippen LogP contribution in [0.3, 0.4) is 0 Å². The second kappa shape index (κ2) is 12.8. The first-order valence-electron chi connectivity index (χ1n) is 13.0. The Kier molecular flexibility index (Phi) is 9.20. The maximum Gasteiger partial charge on any atom is 0.326 e. The first kappa shape index (κ1) is 27.4. The minimum absolute atomic E-state index is 0.0138. The van der Waals surface area contributed by atoms with Gasteiger partial charge in [0, 0.05) is 31.6 Å². The van der Waals surface area contributed by atoms with Gasteiger partial charge in [-0.3, -0.25) is 4.79 Å². The number of aryl methyl sites for hydroxylation is 2. The van der Waals surface area contributed by atoms with E-state index < -0.39 is 29.7 Å². The summed E-state index contributed by atoms with van der Waals surface area (Å²) in [7, 11) is 0. The van der Waals surface area contributed by atoms with Crippen molar-refractivity contribution >= 4 is 17.0 Å². The van der Waals surface area contributed by atoms with Gasteiger partial charge in [0.15, 0.2) is 0 Å². The van der Waals surface area contributed by atoms with Crippen molar-refractivity contribution in [1.82, 2.24) is 14.9 Å². The number of hydrogen-bond donors (Lipinski definition) is 2. The molecule has 38 heavy (non-hydrogen) atoms. The zero-order chi connectivity index (χ0) is 27.1. The Balaban J connectivity index is 1.49. The molecule has 3 aromatic carbocycles. The molecule has 8 heteroatoms. The third kappa shape index (κ3) is 7.02. The summed E-state index contributed by atoms with van der Waals surface area (Å²) < 4.78 is 35.3. The lowest BCUT2D eigenvalue weighted by Gasteiger charge is -2.25. The standard InChI is InChI=1S/C30H34F2N4O2/c1-3-20-8-7-9-21(12-20)17-34-18-28(25(33)15-22-13-23(31)16-24(32)14-22)38-30(37)19-36-27-11-6-5-10-26(27)35-29(36)4-2/h5-14,16,25,28,34H,3-4,15,17-19,33H2,1-2H3/t25-,28+/m0/s1. The SMILES string of the molecule is CCc1cccc(CNC[C@@H](OC(=O)Cn2c(CC)nc3ccccc32)[C@@H](N)Cc2cc(F)cc(F)c2)c1. The molecule has 4 aromatic rings. The van der Waals surface area contributed by atoms with E-state index in [1.165, 1.54) is 17.7 Å². The van der Waals surface area contributed by atoms with Crippen LogP contribution in [0.2, 0.25) is 0 Å². The van der Waals surface area contributed by atoms with Crippen molar-refractivity contribution in [3.05, 3.63) is 101 Å². The third-order valence-electron chi connectivity index (χ3n) is 6.57. The van der Waals surface area contributed by atoms with E-state index in [4.69, 9.17) is 10.5 Å². The number of ether oxygens (including phenoxy) is 1. The van der Waals surface area contributed by atoms with Crippen molar-refractivity contribution in [2.24, 2.45) is 5.73 Å². The lowest BCUT2D eigenvalue weighted by atomic mass is 10.0.